The highest BCUT2D eigenvalue weighted by atomic mass is 32.2. The minimum Gasteiger partial charge on any atom is -0.360 e. The van der Waals surface area contributed by atoms with Gasteiger partial charge in [-0.25, -0.2) is 8.42 Å². The van der Waals surface area contributed by atoms with Gasteiger partial charge in [-0.3, -0.25) is 0 Å². The van der Waals surface area contributed by atoms with Crippen molar-refractivity contribution in [3.8, 4) is 0 Å². The van der Waals surface area contributed by atoms with Crippen molar-refractivity contribution in [1.82, 2.24) is 9.46 Å². The number of piperazine rings is 1. The zero-order chi connectivity index (χ0) is 16.3. The van der Waals surface area contributed by atoms with Gasteiger partial charge < -0.3 is 9.42 Å². The third-order valence-corrected chi connectivity index (χ3v) is 5.94. The fourth-order valence-corrected chi connectivity index (χ4v) is 4.19. The van der Waals surface area contributed by atoms with Crippen LogP contribution in [0.2, 0.25) is 0 Å². The molecule has 7 heteroatoms. The standard InChI is InChI=1S/C16H21N3O3S/c1-14-13-16(17-22-14)18-8-10-19(11-9-18)23(20,21)12-7-15-5-3-2-4-6-15/h2-6,13H,7-12H2,1H3. The molecule has 3 rings (SSSR count). The van der Waals surface area contributed by atoms with E-state index in [1.165, 1.54) is 0 Å². The predicted molar refractivity (Wildman–Crippen MR) is 89.0 cm³/mol. The number of anilines is 1. The topological polar surface area (TPSA) is 66.7 Å². The van der Waals surface area contributed by atoms with E-state index >= 15 is 0 Å². The highest BCUT2D eigenvalue weighted by molar-refractivity contribution is 7.89. The van der Waals surface area contributed by atoms with Gasteiger partial charge in [-0.2, -0.15) is 4.31 Å². The number of sulfonamides is 1. The molecule has 1 aliphatic rings. The molecule has 2 aromatic rings. The molecule has 1 aromatic carbocycles. The second kappa shape index (κ2) is 6.72. The van der Waals surface area contributed by atoms with Crippen LogP contribution in [-0.2, 0) is 16.4 Å². The summed E-state index contributed by atoms with van der Waals surface area (Å²) in [4.78, 5) is 2.06. The fraction of sp³-hybridized carbons (Fsp3) is 0.438. The van der Waals surface area contributed by atoms with Gasteiger partial charge in [0.25, 0.3) is 0 Å². The van der Waals surface area contributed by atoms with Crippen LogP contribution >= 0.6 is 0 Å². The average Bonchev–Trinajstić information content (AvgIpc) is 3.01. The van der Waals surface area contributed by atoms with E-state index in [1.807, 2.05) is 43.3 Å². The predicted octanol–water partition coefficient (Wildman–Crippen LogP) is 1.68. The van der Waals surface area contributed by atoms with Crippen molar-refractivity contribution in [3.63, 3.8) is 0 Å². The summed E-state index contributed by atoms with van der Waals surface area (Å²) < 4.78 is 31.6. The summed E-state index contributed by atoms with van der Waals surface area (Å²) >= 11 is 0. The Morgan fingerprint density at radius 3 is 2.43 bits per heavy atom. The third-order valence-electron chi connectivity index (χ3n) is 4.06. The number of rotatable bonds is 5. The van der Waals surface area contributed by atoms with Gasteiger partial charge in [-0.05, 0) is 18.9 Å². The maximum atomic E-state index is 12.5. The van der Waals surface area contributed by atoms with Gasteiger partial charge in [0.15, 0.2) is 5.82 Å². The molecule has 0 bridgehead atoms. The van der Waals surface area contributed by atoms with E-state index in [2.05, 4.69) is 10.1 Å². The number of hydrogen-bond donors (Lipinski definition) is 0. The van der Waals surface area contributed by atoms with Crippen molar-refractivity contribution in [3.05, 3.63) is 47.7 Å². The Bertz CT molecular complexity index is 735. The quantitative estimate of drug-likeness (QED) is 0.832. The smallest absolute Gasteiger partial charge is 0.214 e. The molecule has 0 saturated carbocycles. The van der Waals surface area contributed by atoms with Crippen LogP contribution < -0.4 is 4.90 Å². The Kier molecular flexibility index (Phi) is 4.68. The van der Waals surface area contributed by atoms with E-state index in [4.69, 9.17) is 4.52 Å². The molecule has 2 heterocycles. The maximum Gasteiger partial charge on any atom is 0.214 e. The molecule has 1 aromatic heterocycles. The molecule has 0 unspecified atom stereocenters. The molecule has 0 radical (unpaired) electrons. The number of hydrogen-bond acceptors (Lipinski definition) is 5. The van der Waals surface area contributed by atoms with Gasteiger partial charge in [0, 0.05) is 32.2 Å². The monoisotopic (exact) mass is 335 g/mol. The molecular formula is C16H21N3O3S. The lowest BCUT2D eigenvalue weighted by Gasteiger charge is -2.33. The molecule has 1 fully saturated rings. The lowest BCUT2D eigenvalue weighted by molar-refractivity contribution is 0.371. The van der Waals surface area contributed by atoms with E-state index in [9.17, 15) is 8.42 Å². The van der Waals surface area contributed by atoms with E-state index in [0.29, 0.717) is 32.6 Å². The van der Waals surface area contributed by atoms with Crippen LogP contribution in [0.5, 0.6) is 0 Å². The van der Waals surface area contributed by atoms with Gasteiger partial charge in [0.05, 0.1) is 5.75 Å². The minimum atomic E-state index is -3.22. The van der Waals surface area contributed by atoms with Crippen LogP contribution in [0, 0.1) is 6.92 Å². The van der Waals surface area contributed by atoms with Gasteiger partial charge in [-0.15, -0.1) is 0 Å². The molecule has 6 nitrogen and oxygen atoms in total. The average molecular weight is 335 g/mol. The van der Waals surface area contributed by atoms with Gasteiger partial charge in [0.1, 0.15) is 5.76 Å². The van der Waals surface area contributed by atoms with Crippen LogP contribution in [0.1, 0.15) is 11.3 Å². The minimum absolute atomic E-state index is 0.153. The summed E-state index contributed by atoms with van der Waals surface area (Å²) in [6, 6.07) is 11.6. The van der Waals surface area contributed by atoms with E-state index < -0.39 is 10.0 Å². The Morgan fingerprint density at radius 2 is 1.83 bits per heavy atom. The van der Waals surface area contributed by atoms with Crippen molar-refractivity contribution in [1.29, 1.82) is 0 Å². The maximum absolute atomic E-state index is 12.5. The van der Waals surface area contributed by atoms with Gasteiger partial charge in [0.2, 0.25) is 10.0 Å². The zero-order valence-corrected chi connectivity index (χ0v) is 14.0. The first-order valence-corrected chi connectivity index (χ1v) is 9.35. The second-order valence-electron chi connectivity index (χ2n) is 5.73. The Hall–Kier alpha value is -1.86. The van der Waals surface area contributed by atoms with Crippen LogP contribution in [-0.4, -0.2) is 49.8 Å². The summed E-state index contributed by atoms with van der Waals surface area (Å²) in [6.07, 6.45) is 0.547. The molecule has 0 aliphatic carbocycles. The highest BCUT2D eigenvalue weighted by Crippen LogP contribution is 2.17. The molecule has 0 N–H and O–H groups in total. The molecular weight excluding hydrogens is 314 g/mol. The van der Waals surface area contributed by atoms with Crippen molar-refractivity contribution >= 4 is 15.8 Å². The second-order valence-corrected chi connectivity index (χ2v) is 7.82. The SMILES string of the molecule is Cc1cc(N2CCN(S(=O)(=O)CCc3ccccc3)CC2)no1. The number of aromatic nitrogens is 1. The fourth-order valence-electron chi connectivity index (χ4n) is 2.72. The van der Waals surface area contributed by atoms with Crippen LogP contribution in [0.25, 0.3) is 0 Å². The zero-order valence-electron chi connectivity index (χ0n) is 13.2. The van der Waals surface area contributed by atoms with Crippen LogP contribution in [0.3, 0.4) is 0 Å². The Balaban J connectivity index is 1.55. The van der Waals surface area contributed by atoms with Crippen LogP contribution in [0.15, 0.2) is 40.9 Å². The van der Waals surface area contributed by atoms with Gasteiger partial charge >= 0.3 is 0 Å². The Labute approximate surface area is 136 Å². The summed E-state index contributed by atoms with van der Waals surface area (Å²) in [5, 5.41) is 3.99. The van der Waals surface area contributed by atoms with Crippen molar-refractivity contribution < 1.29 is 12.9 Å². The first-order valence-electron chi connectivity index (χ1n) is 7.74. The van der Waals surface area contributed by atoms with E-state index in [1.54, 1.807) is 4.31 Å². The molecule has 0 spiro atoms. The molecule has 0 atom stereocenters. The van der Waals surface area contributed by atoms with Gasteiger partial charge in [-0.1, -0.05) is 35.5 Å². The van der Waals surface area contributed by atoms with Crippen molar-refractivity contribution in [2.24, 2.45) is 0 Å². The summed E-state index contributed by atoms with van der Waals surface area (Å²) in [6.45, 7) is 4.10. The molecule has 23 heavy (non-hydrogen) atoms. The molecule has 1 aliphatic heterocycles. The van der Waals surface area contributed by atoms with Crippen LogP contribution in [0.4, 0.5) is 5.82 Å². The third kappa shape index (κ3) is 3.92. The number of aryl methyl sites for hydroxylation is 2. The van der Waals surface area contributed by atoms with E-state index in [0.717, 1.165) is 17.1 Å². The normalized spacial score (nSPS) is 16.7. The highest BCUT2D eigenvalue weighted by Gasteiger charge is 2.27. The number of nitrogens with zero attached hydrogens (tertiary/aromatic N) is 3. The molecule has 0 amide bonds. The summed E-state index contributed by atoms with van der Waals surface area (Å²) in [5.41, 5.74) is 1.05. The summed E-state index contributed by atoms with van der Waals surface area (Å²) in [5.74, 6) is 1.70. The summed E-state index contributed by atoms with van der Waals surface area (Å²) in [7, 11) is -3.22. The first kappa shape index (κ1) is 16.0. The molecule has 1 saturated heterocycles. The lowest BCUT2D eigenvalue weighted by Crippen LogP contribution is -2.49. The number of benzene rings is 1. The van der Waals surface area contributed by atoms with Crippen molar-refractivity contribution in [2.45, 2.75) is 13.3 Å². The largest absolute Gasteiger partial charge is 0.360 e. The Morgan fingerprint density at radius 1 is 1.13 bits per heavy atom. The lowest BCUT2D eigenvalue weighted by atomic mass is 10.2. The van der Waals surface area contributed by atoms with Crippen molar-refractivity contribution in [2.75, 3.05) is 36.8 Å². The van der Waals surface area contributed by atoms with E-state index in [-0.39, 0.29) is 5.75 Å². The molecule has 124 valence electrons. The first-order chi connectivity index (χ1) is 11.0.